The van der Waals surface area contributed by atoms with Crippen LogP contribution in [0.1, 0.15) is 90.4 Å². The predicted octanol–water partition coefficient (Wildman–Crippen LogP) is 2.16. The largest absolute Gasteiger partial charge is 0.393 e. The molecule has 9 heteroatoms. The maximum atomic E-state index is 11.5. The molecule has 0 bridgehead atoms. The Hall–Kier alpha value is -0.740. The van der Waals surface area contributed by atoms with Crippen molar-refractivity contribution in [1.29, 1.82) is 0 Å². The maximum Gasteiger partial charge on any atom is 0.266 e. The van der Waals surface area contributed by atoms with Crippen LogP contribution in [-0.4, -0.2) is 64.8 Å². The summed E-state index contributed by atoms with van der Waals surface area (Å²) in [7, 11) is -4.11. The van der Waals surface area contributed by atoms with E-state index >= 15 is 0 Å². The Kier molecular flexibility index (Phi) is 16.6. The van der Waals surface area contributed by atoms with Gasteiger partial charge in [0.05, 0.1) is 30.5 Å². The third-order valence-electron chi connectivity index (χ3n) is 4.89. The van der Waals surface area contributed by atoms with Crippen molar-refractivity contribution in [3.8, 4) is 0 Å². The van der Waals surface area contributed by atoms with Crippen molar-refractivity contribution in [3.05, 3.63) is 0 Å². The fourth-order valence-corrected chi connectivity index (χ4v) is 3.51. The summed E-state index contributed by atoms with van der Waals surface area (Å²) in [5.74, 6) is -1.03. The minimum atomic E-state index is -4.11. The minimum absolute atomic E-state index is 0.137. The molecule has 0 aliphatic rings. The SMILES string of the molecule is CCCCCC(O)CCCCCC(O)CCCC(O)CC(=O)NCCS(=O)(=O)O. The van der Waals surface area contributed by atoms with Crippen LogP contribution in [0.4, 0.5) is 0 Å². The molecule has 0 saturated carbocycles. The Bertz CT molecular complexity index is 513. The quantitative estimate of drug-likeness (QED) is 0.153. The first kappa shape index (κ1) is 28.3. The monoisotopic (exact) mass is 439 g/mol. The molecule has 0 spiro atoms. The zero-order chi connectivity index (χ0) is 22.1. The third kappa shape index (κ3) is 20.3. The first-order chi connectivity index (χ1) is 13.6. The van der Waals surface area contributed by atoms with Gasteiger partial charge in [0.15, 0.2) is 0 Å². The summed E-state index contributed by atoms with van der Waals surface area (Å²) in [6, 6.07) is 0. The average Bonchev–Trinajstić information content (AvgIpc) is 2.60. The van der Waals surface area contributed by atoms with Crippen molar-refractivity contribution in [2.75, 3.05) is 12.3 Å². The Balaban J connectivity index is 3.62. The fraction of sp³-hybridized carbons (Fsp3) is 0.950. The lowest BCUT2D eigenvalue weighted by atomic mass is 10.0. The van der Waals surface area contributed by atoms with Crippen LogP contribution >= 0.6 is 0 Å². The maximum absolute atomic E-state index is 11.5. The van der Waals surface area contributed by atoms with Gasteiger partial charge in [0.1, 0.15) is 0 Å². The van der Waals surface area contributed by atoms with Gasteiger partial charge in [-0.05, 0) is 38.5 Å². The van der Waals surface area contributed by atoms with Crippen molar-refractivity contribution in [2.24, 2.45) is 0 Å². The number of aliphatic hydroxyl groups excluding tert-OH is 3. The summed E-state index contributed by atoms with van der Waals surface area (Å²) in [6.07, 6.45) is 8.54. The number of amides is 1. The Morgan fingerprint density at radius 3 is 1.79 bits per heavy atom. The molecule has 0 aromatic rings. The molecule has 3 atom stereocenters. The van der Waals surface area contributed by atoms with Gasteiger partial charge in [0, 0.05) is 6.54 Å². The van der Waals surface area contributed by atoms with Gasteiger partial charge in [-0.2, -0.15) is 8.42 Å². The highest BCUT2D eigenvalue weighted by Crippen LogP contribution is 2.15. The number of rotatable bonds is 19. The zero-order valence-electron chi connectivity index (χ0n) is 17.8. The number of aliphatic hydroxyl groups is 3. The molecule has 29 heavy (non-hydrogen) atoms. The standard InChI is InChI=1S/C20H41NO7S/c1-2-3-5-9-17(22)10-6-4-7-11-18(23)12-8-13-19(24)16-20(25)21-14-15-29(26,27)28/h17-19,22-24H,2-16H2,1H3,(H,21,25)(H,26,27,28). The van der Waals surface area contributed by atoms with Crippen LogP contribution in [0.2, 0.25) is 0 Å². The normalized spacial score (nSPS) is 15.1. The third-order valence-corrected chi connectivity index (χ3v) is 5.61. The van der Waals surface area contributed by atoms with E-state index in [4.69, 9.17) is 4.55 Å². The van der Waals surface area contributed by atoms with E-state index in [1.807, 2.05) is 0 Å². The average molecular weight is 440 g/mol. The molecule has 0 aromatic heterocycles. The van der Waals surface area contributed by atoms with Gasteiger partial charge < -0.3 is 20.6 Å². The Morgan fingerprint density at radius 1 is 0.793 bits per heavy atom. The molecule has 0 rings (SSSR count). The second kappa shape index (κ2) is 17.0. The molecular weight excluding hydrogens is 398 g/mol. The van der Waals surface area contributed by atoms with E-state index in [-0.39, 0.29) is 19.1 Å². The molecule has 1 amide bonds. The van der Waals surface area contributed by atoms with E-state index in [2.05, 4.69) is 12.2 Å². The number of hydrogen-bond donors (Lipinski definition) is 5. The van der Waals surface area contributed by atoms with Crippen molar-refractivity contribution in [3.63, 3.8) is 0 Å². The topological polar surface area (TPSA) is 144 Å². The highest BCUT2D eigenvalue weighted by Gasteiger charge is 2.13. The highest BCUT2D eigenvalue weighted by molar-refractivity contribution is 7.85. The van der Waals surface area contributed by atoms with Crippen molar-refractivity contribution < 1.29 is 33.1 Å². The molecule has 0 aliphatic heterocycles. The summed E-state index contributed by atoms with van der Waals surface area (Å²) in [5, 5.41) is 32.0. The van der Waals surface area contributed by atoms with Crippen LogP contribution in [0.5, 0.6) is 0 Å². The number of hydrogen-bond acceptors (Lipinski definition) is 6. The van der Waals surface area contributed by atoms with Crippen LogP contribution in [0.15, 0.2) is 0 Å². The van der Waals surface area contributed by atoms with Gasteiger partial charge >= 0.3 is 0 Å². The molecule has 0 aromatic carbocycles. The molecule has 174 valence electrons. The zero-order valence-corrected chi connectivity index (χ0v) is 18.6. The lowest BCUT2D eigenvalue weighted by molar-refractivity contribution is -0.122. The Labute approximate surface area is 175 Å². The molecule has 0 heterocycles. The first-order valence-corrected chi connectivity index (χ1v) is 12.5. The number of unbranched alkanes of at least 4 members (excludes halogenated alkanes) is 4. The van der Waals surface area contributed by atoms with Gasteiger partial charge in [-0.1, -0.05) is 45.4 Å². The van der Waals surface area contributed by atoms with Gasteiger partial charge in [-0.3, -0.25) is 9.35 Å². The number of nitrogens with one attached hydrogen (secondary N) is 1. The fourth-order valence-electron chi connectivity index (χ4n) is 3.15. The van der Waals surface area contributed by atoms with E-state index in [1.165, 1.54) is 0 Å². The molecule has 0 aliphatic carbocycles. The smallest absolute Gasteiger partial charge is 0.266 e. The molecule has 8 nitrogen and oxygen atoms in total. The van der Waals surface area contributed by atoms with Gasteiger partial charge in [0.2, 0.25) is 5.91 Å². The minimum Gasteiger partial charge on any atom is -0.393 e. The summed E-state index contributed by atoms with van der Waals surface area (Å²) in [4.78, 5) is 11.5. The first-order valence-electron chi connectivity index (χ1n) is 10.9. The number of carbonyl (C=O) groups is 1. The lowest BCUT2D eigenvalue weighted by Crippen LogP contribution is -2.31. The van der Waals surface area contributed by atoms with Crippen LogP contribution < -0.4 is 5.32 Å². The molecule has 0 fully saturated rings. The summed E-state index contributed by atoms with van der Waals surface area (Å²) in [5.41, 5.74) is 0. The molecule has 0 saturated heterocycles. The van der Waals surface area contributed by atoms with E-state index < -0.39 is 34.0 Å². The summed E-state index contributed by atoms with van der Waals surface area (Å²) >= 11 is 0. The Morgan fingerprint density at radius 2 is 1.28 bits per heavy atom. The summed E-state index contributed by atoms with van der Waals surface area (Å²) < 4.78 is 29.7. The second-order valence-corrected chi connectivity index (χ2v) is 9.44. The van der Waals surface area contributed by atoms with E-state index in [0.717, 1.165) is 51.4 Å². The van der Waals surface area contributed by atoms with Crippen molar-refractivity contribution >= 4 is 16.0 Å². The second-order valence-electron chi connectivity index (χ2n) is 7.87. The van der Waals surface area contributed by atoms with E-state index in [0.29, 0.717) is 25.7 Å². The predicted molar refractivity (Wildman–Crippen MR) is 113 cm³/mol. The van der Waals surface area contributed by atoms with Crippen LogP contribution in [0, 0.1) is 0 Å². The van der Waals surface area contributed by atoms with E-state index in [9.17, 15) is 28.5 Å². The molecule has 3 unspecified atom stereocenters. The van der Waals surface area contributed by atoms with Gasteiger partial charge in [-0.25, -0.2) is 0 Å². The molecular formula is C20H41NO7S. The lowest BCUT2D eigenvalue weighted by Gasteiger charge is -2.14. The van der Waals surface area contributed by atoms with Crippen molar-refractivity contribution in [1.82, 2.24) is 5.32 Å². The van der Waals surface area contributed by atoms with Crippen LogP contribution in [-0.2, 0) is 14.9 Å². The van der Waals surface area contributed by atoms with Crippen LogP contribution in [0.25, 0.3) is 0 Å². The van der Waals surface area contributed by atoms with E-state index in [1.54, 1.807) is 0 Å². The van der Waals surface area contributed by atoms with Gasteiger partial charge in [0.25, 0.3) is 10.1 Å². The van der Waals surface area contributed by atoms with Crippen LogP contribution in [0.3, 0.4) is 0 Å². The van der Waals surface area contributed by atoms with Crippen molar-refractivity contribution in [2.45, 2.75) is 109 Å². The number of carbonyl (C=O) groups excluding carboxylic acids is 1. The summed E-state index contributed by atoms with van der Waals surface area (Å²) in [6.45, 7) is 1.95. The molecule has 0 radical (unpaired) electrons. The highest BCUT2D eigenvalue weighted by atomic mass is 32.2. The van der Waals surface area contributed by atoms with Gasteiger partial charge in [-0.15, -0.1) is 0 Å². The molecule has 5 N–H and O–H groups in total.